The van der Waals surface area contributed by atoms with Crippen LogP contribution >= 0.6 is 0 Å². The Kier molecular flexibility index (Phi) is 2.55. The first-order valence-electron chi connectivity index (χ1n) is 5.18. The van der Waals surface area contributed by atoms with E-state index in [1.807, 2.05) is 13.8 Å². The molecule has 0 bridgehead atoms. The van der Waals surface area contributed by atoms with Crippen molar-refractivity contribution in [1.82, 2.24) is 4.98 Å². The maximum absolute atomic E-state index is 4.39. The Morgan fingerprint density at radius 2 is 1.47 bits per heavy atom. The minimum atomic E-state index is 1.08. The maximum atomic E-state index is 4.39. The second-order valence-electron chi connectivity index (χ2n) is 3.95. The molecule has 2 aromatic rings. The first-order valence-corrected chi connectivity index (χ1v) is 5.18. The number of hydrogen-bond donors (Lipinski definition) is 0. The highest BCUT2D eigenvalue weighted by molar-refractivity contribution is 5.67. The van der Waals surface area contributed by atoms with Gasteiger partial charge in [-0.25, -0.2) is 0 Å². The summed E-state index contributed by atoms with van der Waals surface area (Å²) in [4.78, 5) is 4.39. The van der Waals surface area contributed by atoms with E-state index in [1.165, 1.54) is 16.7 Å². The zero-order chi connectivity index (χ0) is 10.8. The second-order valence-corrected chi connectivity index (χ2v) is 3.95. The van der Waals surface area contributed by atoms with Crippen LogP contribution in [0.25, 0.3) is 11.1 Å². The molecule has 0 amide bonds. The summed E-state index contributed by atoms with van der Waals surface area (Å²) in [7, 11) is 0. The minimum absolute atomic E-state index is 1.08. The van der Waals surface area contributed by atoms with Crippen molar-refractivity contribution in [2.45, 2.75) is 20.8 Å². The van der Waals surface area contributed by atoms with Crippen molar-refractivity contribution >= 4 is 0 Å². The van der Waals surface area contributed by atoms with Gasteiger partial charge in [0.25, 0.3) is 0 Å². The van der Waals surface area contributed by atoms with Gasteiger partial charge in [-0.05, 0) is 49.6 Å². The lowest BCUT2D eigenvalue weighted by Crippen LogP contribution is -1.89. The van der Waals surface area contributed by atoms with Crippen molar-refractivity contribution in [2.24, 2.45) is 0 Å². The zero-order valence-corrected chi connectivity index (χ0v) is 9.41. The molecule has 0 unspecified atom stereocenters. The molecule has 1 heterocycles. The summed E-state index contributed by atoms with van der Waals surface area (Å²) in [6.07, 6.45) is 0. The van der Waals surface area contributed by atoms with Gasteiger partial charge in [-0.15, -0.1) is 0 Å². The molecule has 0 saturated carbocycles. The molecule has 1 heteroatoms. The molecular weight excluding hydrogens is 182 g/mol. The highest BCUT2D eigenvalue weighted by Gasteiger charge is 2.02. The van der Waals surface area contributed by atoms with Gasteiger partial charge < -0.3 is 0 Å². The van der Waals surface area contributed by atoms with Crippen LogP contribution in [0.5, 0.6) is 0 Å². The highest BCUT2D eigenvalue weighted by atomic mass is 14.7. The average Bonchev–Trinajstić information content (AvgIpc) is 2.16. The summed E-state index contributed by atoms with van der Waals surface area (Å²) < 4.78 is 0. The quantitative estimate of drug-likeness (QED) is 0.679. The molecule has 0 spiro atoms. The predicted molar refractivity (Wildman–Crippen MR) is 63.9 cm³/mol. The van der Waals surface area contributed by atoms with Crippen LogP contribution in [-0.4, -0.2) is 4.98 Å². The Morgan fingerprint density at radius 3 is 2.07 bits per heavy atom. The van der Waals surface area contributed by atoms with Crippen molar-refractivity contribution in [2.75, 3.05) is 0 Å². The van der Waals surface area contributed by atoms with Gasteiger partial charge in [-0.2, -0.15) is 0 Å². The van der Waals surface area contributed by atoms with Crippen molar-refractivity contribution in [1.29, 1.82) is 0 Å². The van der Waals surface area contributed by atoms with E-state index in [9.17, 15) is 0 Å². The number of pyridine rings is 1. The molecule has 0 N–H and O–H groups in total. The fourth-order valence-electron chi connectivity index (χ4n) is 1.89. The molecule has 0 aliphatic rings. The van der Waals surface area contributed by atoms with E-state index >= 15 is 0 Å². The third-order valence-corrected chi connectivity index (χ3v) is 2.54. The standard InChI is InChI=1S/C14H15N/c1-10-6-4-5-7-14(10)13-8-11(2)15-12(3)9-13/h4-9H,1-3H3. The fraction of sp³-hybridized carbons (Fsp3) is 0.214. The van der Waals surface area contributed by atoms with Crippen molar-refractivity contribution in [3.63, 3.8) is 0 Å². The fourth-order valence-corrected chi connectivity index (χ4v) is 1.89. The zero-order valence-electron chi connectivity index (χ0n) is 9.41. The molecule has 0 aliphatic heterocycles. The number of hydrogen-bond acceptors (Lipinski definition) is 1. The van der Waals surface area contributed by atoms with Crippen LogP contribution in [0, 0.1) is 20.8 Å². The predicted octanol–water partition coefficient (Wildman–Crippen LogP) is 3.67. The summed E-state index contributed by atoms with van der Waals surface area (Å²) in [5.41, 5.74) is 6.02. The van der Waals surface area contributed by atoms with Crippen LogP contribution in [0.4, 0.5) is 0 Å². The molecule has 0 atom stereocenters. The van der Waals surface area contributed by atoms with Crippen LogP contribution in [-0.2, 0) is 0 Å². The molecule has 0 aliphatic carbocycles. The van der Waals surface area contributed by atoms with E-state index in [2.05, 4.69) is 48.3 Å². The van der Waals surface area contributed by atoms with Crippen LogP contribution in [0.1, 0.15) is 17.0 Å². The summed E-state index contributed by atoms with van der Waals surface area (Å²) >= 11 is 0. The van der Waals surface area contributed by atoms with Gasteiger partial charge in [0.1, 0.15) is 0 Å². The first-order chi connectivity index (χ1) is 7.16. The van der Waals surface area contributed by atoms with Gasteiger partial charge >= 0.3 is 0 Å². The molecule has 15 heavy (non-hydrogen) atoms. The van der Waals surface area contributed by atoms with E-state index in [0.717, 1.165) is 11.4 Å². The molecule has 1 aromatic carbocycles. The maximum Gasteiger partial charge on any atom is 0.0382 e. The lowest BCUT2D eigenvalue weighted by Gasteiger charge is -2.07. The van der Waals surface area contributed by atoms with E-state index in [4.69, 9.17) is 0 Å². The van der Waals surface area contributed by atoms with Crippen LogP contribution < -0.4 is 0 Å². The minimum Gasteiger partial charge on any atom is -0.258 e. The lowest BCUT2D eigenvalue weighted by molar-refractivity contribution is 1.12. The van der Waals surface area contributed by atoms with Gasteiger partial charge in [0.15, 0.2) is 0 Å². The molecule has 1 aromatic heterocycles. The van der Waals surface area contributed by atoms with Crippen molar-refractivity contribution in [3.05, 3.63) is 53.3 Å². The summed E-state index contributed by atoms with van der Waals surface area (Å²) in [6, 6.07) is 12.7. The van der Waals surface area contributed by atoms with Crippen LogP contribution in [0.15, 0.2) is 36.4 Å². The average molecular weight is 197 g/mol. The van der Waals surface area contributed by atoms with Gasteiger partial charge in [0.05, 0.1) is 0 Å². The molecular formula is C14H15N. The van der Waals surface area contributed by atoms with Gasteiger partial charge in [0, 0.05) is 11.4 Å². The normalized spacial score (nSPS) is 10.3. The molecule has 0 saturated heterocycles. The Hall–Kier alpha value is -1.63. The molecule has 76 valence electrons. The number of aryl methyl sites for hydroxylation is 3. The van der Waals surface area contributed by atoms with E-state index in [-0.39, 0.29) is 0 Å². The second kappa shape index (κ2) is 3.85. The number of aromatic nitrogens is 1. The molecule has 1 nitrogen and oxygen atoms in total. The summed E-state index contributed by atoms with van der Waals surface area (Å²) in [5, 5.41) is 0. The molecule has 0 radical (unpaired) electrons. The largest absolute Gasteiger partial charge is 0.258 e. The van der Waals surface area contributed by atoms with Crippen LogP contribution in [0.3, 0.4) is 0 Å². The topological polar surface area (TPSA) is 12.9 Å². The monoisotopic (exact) mass is 197 g/mol. The summed E-state index contributed by atoms with van der Waals surface area (Å²) in [5.74, 6) is 0. The number of nitrogens with zero attached hydrogens (tertiary/aromatic N) is 1. The van der Waals surface area contributed by atoms with Crippen molar-refractivity contribution < 1.29 is 0 Å². The van der Waals surface area contributed by atoms with Gasteiger partial charge in [-0.1, -0.05) is 24.3 Å². The summed E-state index contributed by atoms with van der Waals surface area (Å²) in [6.45, 7) is 6.21. The highest BCUT2D eigenvalue weighted by Crippen LogP contribution is 2.23. The first kappa shape index (κ1) is 9.91. The molecule has 2 rings (SSSR count). The molecule has 0 fully saturated rings. The van der Waals surface area contributed by atoms with Gasteiger partial charge in [-0.3, -0.25) is 4.98 Å². The van der Waals surface area contributed by atoms with Crippen LogP contribution in [0.2, 0.25) is 0 Å². The van der Waals surface area contributed by atoms with E-state index in [0.29, 0.717) is 0 Å². The Balaban J connectivity index is 2.59. The number of rotatable bonds is 1. The lowest BCUT2D eigenvalue weighted by atomic mass is 10.0. The third kappa shape index (κ3) is 2.07. The SMILES string of the molecule is Cc1cc(-c2ccccc2C)cc(C)n1. The van der Waals surface area contributed by atoms with Crippen molar-refractivity contribution in [3.8, 4) is 11.1 Å². The Labute approximate surface area is 90.8 Å². The number of benzene rings is 1. The Morgan fingerprint density at radius 1 is 0.867 bits per heavy atom. The van der Waals surface area contributed by atoms with Gasteiger partial charge in [0.2, 0.25) is 0 Å². The van der Waals surface area contributed by atoms with E-state index in [1.54, 1.807) is 0 Å². The smallest absolute Gasteiger partial charge is 0.0382 e. The Bertz CT molecular complexity index is 466. The third-order valence-electron chi connectivity index (χ3n) is 2.54. The van der Waals surface area contributed by atoms with E-state index < -0.39 is 0 Å².